The lowest BCUT2D eigenvalue weighted by molar-refractivity contribution is -0.112. The Hall–Kier alpha value is -0.420. The topological polar surface area (TPSA) is 38.5 Å². The third kappa shape index (κ3) is 3.19. The molecule has 0 radical (unpaired) electrons. The highest BCUT2D eigenvalue weighted by Crippen LogP contribution is 2.41. The Morgan fingerprint density at radius 1 is 1.53 bits per heavy atom. The van der Waals surface area contributed by atoms with Gasteiger partial charge in [0.25, 0.3) is 0 Å². The van der Waals surface area contributed by atoms with Crippen LogP contribution in [-0.4, -0.2) is 35.7 Å². The summed E-state index contributed by atoms with van der Waals surface area (Å²) in [4.78, 5) is 3.98. The van der Waals surface area contributed by atoms with E-state index in [1.165, 1.54) is 4.88 Å². The summed E-state index contributed by atoms with van der Waals surface area (Å²) in [6.07, 6.45) is 2.54. The van der Waals surface area contributed by atoms with Crippen LogP contribution in [0.3, 0.4) is 0 Å². The molecule has 0 bridgehead atoms. The lowest BCUT2D eigenvalue weighted by Crippen LogP contribution is -2.65. The van der Waals surface area contributed by atoms with Crippen molar-refractivity contribution in [3.8, 4) is 0 Å². The van der Waals surface area contributed by atoms with Gasteiger partial charge in [-0.3, -0.25) is 4.90 Å². The van der Waals surface area contributed by atoms with Crippen molar-refractivity contribution < 1.29 is 4.74 Å². The summed E-state index contributed by atoms with van der Waals surface area (Å²) in [5.41, 5.74) is 6.24. The lowest BCUT2D eigenvalue weighted by atomic mass is 9.72. The first-order valence-electron chi connectivity index (χ1n) is 7.22. The first-order chi connectivity index (χ1) is 9.11. The van der Waals surface area contributed by atoms with E-state index in [0.29, 0.717) is 12.1 Å². The van der Waals surface area contributed by atoms with Crippen LogP contribution in [0.2, 0.25) is 0 Å². The van der Waals surface area contributed by atoms with E-state index in [2.05, 4.69) is 43.2 Å². The van der Waals surface area contributed by atoms with Crippen LogP contribution in [0.15, 0.2) is 17.5 Å². The number of nitrogens with zero attached hydrogens (tertiary/aromatic N) is 1. The SMILES string of the molecule is CCOC1CC(CN)(N(Cc2cccs2)C(C)C)C1. The summed E-state index contributed by atoms with van der Waals surface area (Å²) in [6, 6.07) is 4.84. The van der Waals surface area contributed by atoms with Crippen LogP contribution < -0.4 is 5.73 Å². The molecule has 19 heavy (non-hydrogen) atoms. The molecule has 0 aromatic carbocycles. The van der Waals surface area contributed by atoms with E-state index in [1.54, 1.807) is 0 Å². The van der Waals surface area contributed by atoms with Gasteiger partial charge in [0.1, 0.15) is 0 Å². The first-order valence-corrected chi connectivity index (χ1v) is 8.10. The molecule has 2 N–H and O–H groups in total. The Bertz CT molecular complexity index is 372. The molecular formula is C15H26N2OS. The maximum Gasteiger partial charge on any atom is 0.0611 e. The molecule has 0 spiro atoms. The standard InChI is InChI=1S/C15H26N2OS/c1-4-18-13-8-15(9-13,11-16)17(12(2)3)10-14-6-5-7-19-14/h5-7,12-13H,4,8-11,16H2,1-3H3. The van der Waals surface area contributed by atoms with Gasteiger partial charge in [0, 0.05) is 36.2 Å². The molecule has 1 aromatic rings. The van der Waals surface area contributed by atoms with Gasteiger partial charge in [0.15, 0.2) is 0 Å². The Balaban J connectivity index is 2.05. The molecule has 1 heterocycles. The van der Waals surface area contributed by atoms with Crippen LogP contribution in [0, 0.1) is 0 Å². The van der Waals surface area contributed by atoms with Crippen molar-refractivity contribution in [1.29, 1.82) is 0 Å². The van der Waals surface area contributed by atoms with Crippen molar-refractivity contribution in [2.24, 2.45) is 5.73 Å². The van der Waals surface area contributed by atoms with Crippen LogP contribution in [0.5, 0.6) is 0 Å². The van der Waals surface area contributed by atoms with Crippen molar-refractivity contribution in [2.75, 3.05) is 13.2 Å². The van der Waals surface area contributed by atoms with Gasteiger partial charge in [-0.25, -0.2) is 0 Å². The molecule has 108 valence electrons. The lowest BCUT2D eigenvalue weighted by Gasteiger charge is -2.55. The van der Waals surface area contributed by atoms with Crippen LogP contribution in [0.25, 0.3) is 0 Å². The molecule has 0 amide bonds. The van der Waals surface area contributed by atoms with E-state index in [-0.39, 0.29) is 5.54 Å². The third-order valence-electron chi connectivity index (χ3n) is 4.14. The highest BCUT2D eigenvalue weighted by molar-refractivity contribution is 7.09. The summed E-state index contributed by atoms with van der Waals surface area (Å²) in [6.45, 7) is 9.12. The van der Waals surface area contributed by atoms with Gasteiger partial charge in [0.05, 0.1) is 6.10 Å². The predicted octanol–water partition coefficient (Wildman–Crippen LogP) is 2.85. The second-order valence-corrected chi connectivity index (χ2v) is 6.75. The number of thiophene rings is 1. The molecule has 1 aliphatic rings. The minimum atomic E-state index is 0.137. The smallest absolute Gasteiger partial charge is 0.0611 e. The second kappa shape index (κ2) is 6.35. The van der Waals surface area contributed by atoms with E-state index in [9.17, 15) is 0 Å². The van der Waals surface area contributed by atoms with Gasteiger partial charge in [-0.15, -0.1) is 11.3 Å². The maximum absolute atomic E-state index is 6.10. The molecule has 1 fully saturated rings. The van der Waals surface area contributed by atoms with Crippen LogP contribution in [0.1, 0.15) is 38.5 Å². The highest BCUT2D eigenvalue weighted by Gasteiger charge is 2.48. The third-order valence-corrected chi connectivity index (χ3v) is 5.00. The van der Waals surface area contributed by atoms with Gasteiger partial charge in [-0.2, -0.15) is 0 Å². The number of ether oxygens (including phenoxy) is 1. The minimum Gasteiger partial charge on any atom is -0.378 e. The normalized spacial score (nSPS) is 26.9. The maximum atomic E-state index is 6.10. The fraction of sp³-hybridized carbons (Fsp3) is 0.733. The van der Waals surface area contributed by atoms with Gasteiger partial charge in [-0.05, 0) is 45.1 Å². The average Bonchev–Trinajstić information content (AvgIpc) is 2.83. The Morgan fingerprint density at radius 2 is 2.26 bits per heavy atom. The van der Waals surface area contributed by atoms with Crippen molar-refractivity contribution in [3.05, 3.63) is 22.4 Å². The second-order valence-electron chi connectivity index (χ2n) is 5.72. The molecule has 4 heteroatoms. The number of rotatable bonds is 7. The fourth-order valence-electron chi connectivity index (χ4n) is 3.13. The Morgan fingerprint density at radius 3 is 2.74 bits per heavy atom. The number of hydrogen-bond donors (Lipinski definition) is 1. The summed E-state index contributed by atoms with van der Waals surface area (Å²) >= 11 is 1.83. The van der Waals surface area contributed by atoms with Crippen molar-refractivity contribution >= 4 is 11.3 Å². The molecule has 0 atom stereocenters. The molecule has 2 rings (SSSR count). The molecule has 1 aliphatic carbocycles. The number of nitrogens with two attached hydrogens (primary N) is 1. The highest BCUT2D eigenvalue weighted by atomic mass is 32.1. The zero-order valence-corrected chi connectivity index (χ0v) is 13.1. The largest absolute Gasteiger partial charge is 0.378 e. The zero-order valence-electron chi connectivity index (χ0n) is 12.3. The average molecular weight is 282 g/mol. The minimum absolute atomic E-state index is 0.137. The van der Waals surface area contributed by atoms with E-state index in [1.807, 2.05) is 11.3 Å². The van der Waals surface area contributed by atoms with E-state index >= 15 is 0 Å². The zero-order chi connectivity index (χ0) is 13.9. The van der Waals surface area contributed by atoms with Crippen molar-refractivity contribution in [3.63, 3.8) is 0 Å². The number of hydrogen-bond acceptors (Lipinski definition) is 4. The molecule has 1 aromatic heterocycles. The predicted molar refractivity (Wildman–Crippen MR) is 81.4 cm³/mol. The summed E-state index contributed by atoms with van der Waals surface area (Å²) in [7, 11) is 0. The van der Waals surface area contributed by atoms with Crippen LogP contribution >= 0.6 is 11.3 Å². The quantitative estimate of drug-likeness (QED) is 0.836. The molecular weight excluding hydrogens is 256 g/mol. The monoisotopic (exact) mass is 282 g/mol. The molecule has 3 nitrogen and oxygen atoms in total. The summed E-state index contributed by atoms with van der Waals surface area (Å²) < 4.78 is 5.72. The Kier molecular flexibility index (Phi) is 5.01. The van der Waals surface area contributed by atoms with Crippen molar-refractivity contribution in [2.45, 2.75) is 57.8 Å². The molecule has 0 saturated heterocycles. The molecule has 1 saturated carbocycles. The molecule has 0 aliphatic heterocycles. The fourth-order valence-corrected chi connectivity index (χ4v) is 3.83. The van der Waals surface area contributed by atoms with Gasteiger partial charge in [-0.1, -0.05) is 6.07 Å². The van der Waals surface area contributed by atoms with Crippen LogP contribution in [0.4, 0.5) is 0 Å². The summed E-state index contributed by atoms with van der Waals surface area (Å²) in [5, 5.41) is 2.15. The van der Waals surface area contributed by atoms with E-state index in [0.717, 1.165) is 32.5 Å². The van der Waals surface area contributed by atoms with Crippen molar-refractivity contribution in [1.82, 2.24) is 4.90 Å². The first kappa shape index (κ1) is 15.0. The van der Waals surface area contributed by atoms with Gasteiger partial charge < -0.3 is 10.5 Å². The summed E-state index contributed by atoms with van der Waals surface area (Å²) in [5.74, 6) is 0. The van der Waals surface area contributed by atoms with Gasteiger partial charge >= 0.3 is 0 Å². The van der Waals surface area contributed by atoms with E-state index in [4.69, 9.17) is 10.5 Å². The van der Waals surface area contributed by atoms with Crippen LogP contribution in [-0.2, 0) is 11.3 Å². The molecule has 0 unspecified atom stereocenters. The van der Waals surface area contributed by atoms with Gasteiger partial charge in [0.2, 0.25) is 0 Å². The van der Waals surface area contributed by atoms with E-state index < -0.39 is 0 Å². The Labute approximate surface area is 120 Å².